The van der Waals surface area contributed by atoms with Gasteiger partial charge in [-0.3, -0.25) is 9.89 Å². The molecule has 0 amide bonds. The van der Waals surface area contributed by atoms with Gasteiger partial charge in [0.2, 0.25) is 0 Å². The average Bonchev–Trinajstić information content (AvgIpc) is 2.70. The number of hydrogen-bond donors (Lipinski definition) is 2. The minimum Gasteiger partial charge on any atom is -0.506 e. The molecule has 0 radical (unpaired) electrons. The van der Waals surface area contributed by atoms with Gasteiger partial charge in [0.05, 0.1) is 5.69 Å². The molecule has 1 atom stereocenters. The van der Waals surface area contributed by atoms with Gasteiger partial charge >= 0.3 is 0 Å². The van der Waals surface area contributed by atoms with Crippen LogP contribution in [0.2, 0.25) is 0 Å². The SMILES string of the molecule is CN=C(NCC(C)N1CCC(C)CC1)N1CCN(c2ccccc2O)CC1.I. The molecule has 2 N–H and O–H groups in total. The van der Waals surface area contributed by atoms with Gasteiger partial charge in [0.25, 0.3) is 0 Å². The number of nitrogens with zero attached hydrogens (tertiary/aromatic N) is 4. The normalized spacial score (nSPS) is 20.6. The highest BCUT2D eigenvalue weighted by atomic mass is 127. The van der Waals surface area contributed by atoms with Gasteiger partial charge in [-0.2, -0.15) is 0 Å². The number of halogens is 1. The van der Waals surface area contributed by atoms with E-state index in [9.17, 15) is 5.11 Å². The van der Waals surface area contributed by atoms with E-state index in [1.54, 1.807) is 6.07 Å². The number of para-hydroxylation sites is 2. The summed E-state index contributed by atoms with van der Waals surface area (Å²) in [6.07, 6.45) is 2.63. The van der Waals surface area contributed by atoms with Crippen molar-refractivity contribution in [2.45, 2.75) is 32.7 Å². The van der Waals surface area contributed by atoms with Crippen molar-refractivity contribution < 1.29 is 5.11 Å². The zero-order valence-corrected chi connectivity index (χ0v) is 19.8. The van der Waals surface area contributed by atoms with Crippen molar-refractivity contribution in [3.05, 3.63) is 24.3 Å². The van der Waals surface area contributed by atoms with Crippen LogP contribution in [0.25, 0.3) is 0 Å². The highest BCUT2D eigenvalue weighted by Gasteiger charge is 2.23. The van der Waals surface area contributed by atoms with Crippen LogP contribution in [0.4, 0.5) is 5.69 Å². The molecule has 28 heavy (non-hydrogen) atoms. The van der Waals surface area contributed by atoms with E-state index in [-0.39, 0.29) is 24.0 Å². The Morgan fingerprint density at radius 3 is 2.39 bits per heavy atom. The molecule has 0 saturated carbocycles. The fourth-order valence-corrected chi connectivity index (χ4v) is 4.06. The van der Waals surface area contributed by atoms with Crippen LogP contribution < -0.4 is 10.2 Å². The van der Waals surface area contributed by atoms with E-state index in [4.69, 9.17) is 0 Å². The van der Waals surface area contributed by atoms with Crippen molar-refractivity contribution in [2.24, 2.45) is 10.9 Å². The Morgan fingerprint density at radius 2 is 1.79 bits per heavy atom. The van der Waals surface area contributed by atoms with Gasteiger partial charge in [-0.05, 0) is 50.9 Å². The van der Waals surface area contributed by atoms with Crippen LogP contribution in [0, 0.1) is 5.92 Å². The maximum atomic E-state index is 10.1. The second kappa shape index (κ2) is 11.1. The number of phenols is 1. The number of anilines is 1. The zero-order valence-electron chi connectivity index (χ0n) is 17.5. The summed E-state index contributed by atoms with van der Waals surface area (Å²) in [6.45, 7) is 11.6. The standard InChI is InChI=1S/C21H35N5O.HI/c1-17-8-10-24(11-9-17)18(2)16-23-21(22-3)26-14-12-25(13-15-26)19-6-4-5-7-20(19)27;/h4-7,17-18,27H,8-16H2,1-3H3,(H,22,23);1H. The monoisotopic (exact) mass is 501 g/mol. The fraction of sp³-hybridized carbons (Fsp3) is 0.667. The largest absolute Gasteiger partial charge is 0.506 e. The molecule has 3 rings (SSSR count). The number of piperidine rings is 1. The molecule has 2 saturated heterocycles. The third kappa shape index (κ3) is 5.89. The van der Waals surface area contributed by atoms with Crippen molar-refractivity contribution in [1.29, 1.82) is 0 Å². The van der Waals surface area contributed by atoms with Gasteiger partial charge in [0.15, 0.2) is 5.96 Å². The van der Waals surface area contributed by atoms with Crippen LogP contribution in [0.1, 0.15) is 26.7 Å². The minimum atomic E-state index is 0. The summed E-state index contributed by atoms with van der Waals surface area (Å²) in [5.41, 5.74) is 0.924. The van der Waals surface area contributed by atoms with E-state index >= 15 is 0 Å². The van der Waals surface area contributed by atoms with Gasteiger partial charge in [-0.15, -0.1) is 24.0 Å². The number of piperazine rings is 1. The first kappa shape index (κ1) is 23.1. The fourth-order valence-electron chi connectivity index (χ4n) is 4.06. The van der Waals surface area contributed by atoms with Crippen molar-refractivity contribution >= 4 is 35.6 Å². The molecule has 1 aromatic rings. The van der Waals surface area contributed by atoms with E-state index in [1.165, 1.54) is 25.9 Å². The molecule has 0 spiro atoms. The second-order valence-corrected chi connectivity index (χ2v) is 7.96. The Labute approximate surface area is 187 Å². The predicted octanol–water partition coefficient (Wildman–Crippen LogP) is 2.83. The molecular formula is C21H36IN5O. The van der Waals surface area contributed by atoms with Gasteiger partial charge < -0.3 is 20.2 Å². The molecule has 7 heteroatoms. The van der Waals surface area contributed by atoms with Crippen LogP contribution >= 0.6 is 24.0 Å². The molecule has 2 aliphatic rings. The summed E-state index contributed by atoms with van der Waals surface area (Å²) in [7, 11) is 1.87. The Bertz CT molecular complexity index is 625. The molecule has 0 aliphatic carbocycles. The summed E-state index contributed by atoms with van der Waals surface area (Å²) in [5.74, 6) is 2.22. The summed E-state index contributed by atoms with van der Waals surface area (Å²) in [6, 6.07) is 8.11. The molecule has 2 aliphatic heterocycles. The molecule has 1 unspecified atom stereocenters. The number of aromatic hydroxyl groups is 1. The molecule has 2 fully saturated rings. The molecular weight excluding hydrogens is 465 g/mol. The van der Waals surface area contributed by atoms with Crippen molar-refractivity contribution in [1.82, 2.24) is 15.1 Å². The lowest BCUT2D eigenvalue weighted by molar-refractivity contribution is 0.147. The minimum absolute atomic E-state index is 0. The van der Waals surface area contributed by atoms with Crippen LogP contribution in [0.3, 0.4) is 0 Å². The lowest BCUT2D eigenvalue weighted by atomic mass is 9.98. The lowest BCUT2D eigenvalue weighted by Gasteiger charge is -2.39. The number of phenolic OH excluding ortho intramolecular Hbond substituents is 1. The smallest absolute Gasteiger partial charge is 0.193 e. The van der Waals surface area contributed by atoms with Crippen LogP contribution in [0.15, 0.2) is 29.3 Å². The third-order valence-corrected chi connectivity index (χ3v) is 6.01. The van der Waals surface area contributed by atoms with Crippen molar-refractivity contribution in [2.75, 3.05) is 57.8 Å². The molecule has 0 aromatic heterocycles. The van der Waals surface area contributed by atoms with E-state index in [2.05, 4.69) is 38.9 Å². The maximum Gasteiger partial charge on any atom is 0.193 e. The van der Waals surface area contributed by atoms with Gasteiger partial charge in [0, 0.05) is 45.8 Å². The lowest BCUT2D eigenvalue weighted by Crippen LogP contribution is -2.54. The van der Waals surface area contributed by atoms with Crippen LogP contribution in [-0.4, -0.2) is 79.8 Å². The average molecular weight is 501 g/mol. The van der Waals surface area contributed by atoms with Gasteiger partial charge in [-0.25, -0.2) is 0 Å². The first-order chi connectivity index (χ1) is 13.1. The molecule has 6 nitrogen and oxygen atoms in total. The Hall–Kier alpha value is -1.22. The van der Waals surface area contributed by atoms with Crippen molar-refractivity contribution in [3.63, 3.8) is 0 Å². The number of likely N-dealkylation sites (tertiary alicyclic amines) is 1. The second-order valence-electron chi connectivity index (χ2n) is 7.96. The Morgan fingerprint density at radius 1 is 1.14 bits per heavy atom. The summed E-state index contributed by atoms with van der Waals surface area (Å²) in [4.78, 5) is 11.7. The van der Waals surface area contributed by atoms with E-state index in [0.717, 1.165) is 50.3 Å². The first-order valence-corrected chi connectivity index (χ1v) is 10.3. The Balaban J connectivity index is 0.00000280. The van der Waals surface area contributed by atoms with E-state index in [0.29, 0.717) is 11.8 Å². The number of rotatable bonds is 4. The van der Waals surface area contributed by atoms with Crippen LogP contribution in [-0.2, 0) is 0 Å². The number of guanidine groups is 1. The number of benzene rings is 1. The zero-order chi connectivity index (χ0) is 19.2. The maximum absolute atomic E-state index is 10.1. The predicted molar refractivity (Wildman–Crippen MR) is 128 cm³/mol. The van der Waals surface area contributed by atoms with E-state index in [1.807, 2.05) is 25.2 Å². The summed E-state index contributed by atoms with van der Waals surface area (Å²) >= 11 is 0. The number of nitrogens with one attached hydrogen (secondary N) is 1. The topological polar surface area (TPSA) is 54.3 Å². The summed E-state index contributed by atoms with van der Waals surface area (Å²) in [5, 5.41) is 13.7. The van der Waals surface area contributed by atoms with Crippen molar-refractivity contribution in [3.8, 4) is 5.75 Å². The van der Waals surface area contributed by atoms with Crippen LogP contribution in [0.5, 0.6) is 5.75 Å². The molecule has 2 heterocycles. The quantitative estimate of drug-likeness (QED) is 0.378. The highest BCUT2D eigenvalue weighted by Crippen LogP contribution is 2.27. The summed E-state index contributed by atoms with van der Waals surface area (Å²) < 4.78 is 0. The molecule has 158 valence electrons. The Kier molecular flexibility index (Phi) is 9.14. The molecule has 0 bridgehead atoms. The number of hydrogen-bond acceptors (Lipinski definition) is 4. The molecule has 1 aromatic carbocycles. The van der Waals surface area contributed by atoms with E-state index < -0.39 is 0 Å². The van der Waals surface area contributed by atoms with Gasteiger partial charge in [-0.1, -0.05) is 19.1 Å². The third-order valence-electron chi connectivity index (χ3n) is 6.01. The first-order valence-electron chi connectivity index (χ1n) is 10.3. The number of aliphatic imine (C=N–C) groups is 1. The van der Waals surface area contributed by atoms with Gasteiger partial charge in [0.1, 0.15) is 5.75 Å². The highest BCUT2D eigenvalue weighted by molar-refractivity contribution is 14.0.